The lowest BCUT2D eigenvalue weighted by Crippen LogP contribution is -2.50. The zero-order valence-corrected chi connectivity index (χ0v) is 19.6. The third-order valence-corrected chi connectivity index (χ3v) is 7.82. The number of nitrogens with zero attached hydrogens (tertiary/aromatic N) is 2. The van der Waals surface area contributed by atoms with Crippen LogP contribution < -0.4 is 14.4 Å². The van der Waals surface area contributed by atoms with Crippen LogP contribution in [-0.2, 0) is 27.9 Å². The van der Waals surface area contributed by atoms with Crippen LogP contribution in [0.15, 0.2) is 66.7 Å². The van der Waals surface area contributed by atoms with E-state index in [0.29, 0.717) is 26.4 Å². The molecule has 6 nitrogen and oxygen atoms in total. The second-order valence-electron chi connectivity index (χ2n) is 9.89. The van der Waals surface area contributed by atoms with E-state index in [4.69, 9.17) is 14.2 Å². The summed E-state index contributed by atoms with van der Waals surface area (Å²) in [5.74, 6) is 1.73. The minimum atomic E-state index is -0.804. The summed E-state index contributed by atoms with van der Waals surface area (Å²) in [5.41, 5.74) is 4.61. The molecule has 1 spiro atoms. The summed E-state index contributed by atoms with van der Waals surface area (Å²) in [6.07, 6.45) is 0.820. The largest absolute Gasteiger partial charge is 0.493 e. The van der Waals surface area contributed by atoms with E-state index in [1.165, 1.54) is 5.56 Å². The van der Waals surface area contributed by atoms with Crippen molar-refractivity contribution in [3.8, 4) is 11.5 Å². The molecule has 4 aliphatic heterocycles. The van der Waals surface area contributed by atoms with E-state index in [2.05, 4.69) is 47.4 Å². The summed E-state index contributed by atoms with van der Waals surface area (Å²) in [4.78, 5) is 18.6. The molecule has 0 radical (unpaired) electrons. The third kappa shape index (κ3) is 3.27. The smallest absolute Gasteiger partial charge is 0.245 e. The number of hydrogen-bond donors (Lipinski definition) is 0. The number of carbonyl (C=O) groups is 1. The Morgan fingerprint density at radius 1 is 0.914 bits per heavy atom. The third-order valence-electron chi connectivity index (χ3n) is 7.82. The molecule has 4 aliphatic rings. The molecule has 7 rings (SSSR count). The van der Waals surface area contributed by atoms with Crippen LogP contribution in [0.4, 0.5) is 5.69 Å². The van der Waals surface area contributed by atoms with Crippen molar-refractivity contribution < 1.29 is 19.0 Å². The molecule has 6 heteroatoms. The van der Waals surface area contributed by atoms with Crippen LogP contribution >= 0.6 is 0 Å². The first-order valence-corrected chi connectivity index (χ1v) is 12.4. The van der Waals surface area contributed by atoms with Gasteiger partial charge < -0.3 is 19.1 Å². The van der Waals surface area contributed by atoms with E-state index in [1.54, 1.807) is 0 Å². The summed E-state index contributed by atoms with van der Waals surface area (Å²) in [6, 6.07) is 22.8. The average molecular weight is 469 g/mol. The minimum absolute atomic E-state index is 0.0465. The molecule has 0 bridgehead atoms. The molecule has 1 saturated heterocycles. The number of amides is 1. The Balaban J connectivity index is 1.18. The monoisotopic (exact) mass is 468 g/mol. The van der Waals surface area contributed by atoms with E-state index < -0.39 is 5.41 Å². The van der Waals surface area contributed by atoms with Crippen molar-refractivity contribution in [3.05, 3.63) is 89.0 Å². The molecule has 0 aromatic heterocycles. The number of fused-ring (bicyclic) bond motifs is 5. The number of morpholine rings is 1. The van der Waals surface area contributed by atoms with Crippen molar-refractivity contribution >= 4 is 11.6 Å². The molecular weight excluding hydrogens is 440 g/mol. The summed E-state index contributed by atoms with van der Waals surface area (Å²) in [7, 11) is 0. The van der Waals surface area contributed by atoms with Crippen molar-refractivity contribution in [1.29, 1.82) is 0 Å². The zero-order valence-electron chi connectivity index (χ0n) is 19.6. The Hall–Kier alpha value is -3.35. The predicted molar refractivity (Wildman–Crippen MR) is 132 cm³/mol. The Labute approximate surface area is 205 Å². The summed E-state index contributed by atoms with van der Waals surface area (Å²) in [6.45, 7) is 4.80. The molecular formula is C29H28N2O4. The fourth-order valence-electron chi connectivity index (χ4n) is 6.11. The lowest BCUT2D eigenvalue weighted by molar-refractivity contribution is -0.123. The molecule has 35 heavy (non-hydrogen) atoms. The highest BCUT2D eigenvalue weighted by molar-refractivity contribution is 6.11. The topological polar surface area (TPSA) is 51.2 Å². The standard InChI is InChI=1S/C29H28N2O4/c32-28-29(19-35-27-15-26-21(10-12-34-26)14-24(27)29)23-8-4-5-9-25(23)31(28)18-22-17-30(11-13-33-22)16-20-6-2-1-3-7-20/h1-9,14-15,22H,10-13,16-19H2. The number of benzene rings is 3. The molecule has 2 unspecified atom stereocenters. The van der Waals surface area contributed by atoms with Crippen LogP contribution in [0.1, 0.15) is 22.3 Å². The normalized spacial score (nSPS) is 24.7. The van der Waals surface area contributed by atoms with Gasteiger partial charge in [0.1, 0.15) is 23.5 Å². The molecule has 178 valence electrons. The van der Waals surface area contributed by atoms with E-state index in [-0.39, 0.29) is 12.0 Å². The van der Waals surface area contributed by atoms with Crippen LogP contribution in [0.3, 0.4) is 0 Å². The predicted octanol–water partition coefficient (Wildman–Crippen LogP) is 3.55. The molecule has 2 atom stereocenters. The van der Waals surface area contributed by atoms with Gasteiger partial charge in [0.25, 0.3) is 0 Å². The van der Waals surface area contributed by atoms with Gasteiger partial charge in [-0.1, -0.05) is 48.5 Å². The molecule has 0 N–H and O–H groups in total. The highest BCUT2D eigenvalue weighted by atomic mass is 16.5. The zero-order chi connectivity index (χ0) is 23.4. The maximum atomic E-state index is 14.2. The van der Waals surface area contributed by atoms with Gasteiger partial charge in [0, 0.05) is 43.4 Å². The highest BCUT2D eigenvalue weighted by Crippen LogP contribution is 2.53. The number of rotatable bonds is 4. The van der Waals surface area contributed by atoms with Gasteiger partial charge in [0.15, 0.2) is 0 Å². The van der Waals surface area contributed by atoms with Gasteiger partial charge in [-0.2, -0.15) is 0 Å². The molecule has 1 amide bonds. The van der Waals surface area contributed by atoms with Crippen molar-refractivity contribution in [3.63, 3.8) is 0 Å². The van der Waals surface area contributed by atoms with Gasteiger partial charge in [-0.05, 0) is 28.8 Å². The first-order chi connectivity index (χ1) is 17.2. The molecule has 0 aliphatic carbocycles. The Kier molecular flexibility index (Phi) is 4.86. The van der Waals surface area contributed by atoms with Gasteiger partial charge >= 0.3 is 0 Å². The number of hydrogen-bond acceptors (Lipinski definition) is 5. The second-order valence-corrected chi connectivity index (χ2v) is 9.89. The maximum Gasteiger partial charge on any atom is 0.245 e. The minimum Gasteiger partial charge on any atom is -0.493 e. The van der Waals surface area contributed by atoms with Crippen LogP contribution in [0.5, 0.6) is 11.5 Å². The Morgan fingerprint density at radius 2 is 1.77 bits per heavy atom. The molecule has 1 fully saturated rings. The Bertz CT molecular complexity index is 1290. The second kappa shape index (κ2) is 8.11. The van der Waals surface area contributed by atoms with Gasteiger partial charge in [-0.25, -0.2) is 0 Å². The maximum absolute atomic E-state index is 14.2. The van der Waals surface area contributed by atoms with Gasteiger partial charge in [0.2, 0.25) is 5.91 Å². The highest BCUT2D eigenvalue weighted by Gasteiger charge is 2.57. The van der Waals surface area contributed by atoms with E-state index in [0.717, 1.165) is 59.9 Å². The van der Waals surface area contributed by atoms with Crippen LogP contribution in [0.2, 0.25) is 0 Å². The van der Waals surface area contributed by atoms with E-state index in [9.17, 15) is 4.79 Å². The van der Waals surface area contributed by atoms with Crippen molar-refractivity contribution in [2.45, 2.75) is 24.5 Å². The lowest BCUT2D eigenvalue weighted by atomic mass is 9.76. The molecule has 0 saturated carbocycles. The van der Waals surface area contributed by atoms with Gasteiger partial charge in [0.05, 0.1) is 25.9 Å². The number of anilines is 1. The lowest BCUT2D eigenvalue weighted by Gasteiger charge is -2.35. The van der Waals surface area contributed by atoms with Crippen LogP contribution in [0.25, 0.3) is 0 Å². The van der Waals surface area contributed by atoms with Crippen molar-refractivity contribution in [2.24, 2.45) is 0 Å². The number of para-hydroxylation sites is 1. The van der Waals surface area contributed by atoms with E-state index in [1.807, 2.05) is 29.2 Å². The van der Waals surface area contributed by atoms with Crippen molar-refractivity contribution in [2.75, 3.05) is 44.4 Å². The van der Waals surface area contributed by atoms with Crippen LogP contribution in [0, 0.1) is 0 Å². The first-order valence-electron chi connectivity index (χ1n) is 12.4. The first kappa shape index (κ1) is 21.0. The SMILES string of the molecule is O=C1N(CC2CN(Cc3ccccc3)CCO2)c2ccccc2C12COc1cc3c(cc12)CCO3. The van der Waals surface area contributed by atoms with Crippen molar-refractivity contribution in [1.82, 2.24) is 4.90 Å². The van der Waals surface area contributed by atoms with E-state index >= 15 is 0 Å². The summed E-state index contributed by atoms with van der Waals surface area (Å²) >= 11 is 0. The average Bonchev–Trinajstić information content (AvgIpc) is 3.56. The number of ether oxygens (including phenoxy) is 3. The summed E-state index contributed by atoms with van der Waals surface area (Å²) < 4.78 is 18.1. The Morgan fingerprint density at radius 3 is 2.69 bits per heavy atom. The fraction of sp³-hybridized carbons (Fsp3) is 0.345. The van der Waals surface area contributed by atoms with Gasteiger partial charge in [-0.15, -0.1) is 0 Å². The fourth-order valence-corrected chi connectivity index (χ4v) is 6.11. The molecule has 3 aromatic carbocycles. The molecule has 4 heterocycles. The number of carbonyl (C=O) groups excluding carboxylic acids is 1. The van der Waals surface area contributed by atoms with Gasteiger partial charge in [-0.3, -0.25) is 9.69 Å². The molecule has 3 aromatic rings. The summed E-state index contributed by atoms with van der Waals surface area (Å²) in [5, 5.41) is 0. The van der Waals surface area contributed by atoms with Crippen LogP contribution in [-0.4, -0.2) is 56.4 Å². The quantitative estimate of drug-likeness (QED) is 0.586.